The first-order valence-electron chi connectivity index (χ1n) is 8.17. The zero-order chi connectivity index (χ0) is 17.3. The minimum atomic E-state index is -0.833. The largest absolute Gasteiger partial charge is 0.293 e. The summed E-state index contributed by atoms with van der Waals surface area (Å²) in [5, 5.41) is 8.82. The summed E-state index contributed by atoms with van der Waals surface area (Å²) in [5.74, 6) is -1.23. The van der Waals surface area contributed by atoms with Crippen LogP contribution < -0.4 is 5.32 Å². The second-order valence-corrected chi connectivity index (χ2v) is 6.67. The number of allylic oxidation sites excluding steroid dienone is 2. The Morgan fingerprint density at radius 2 is 1.92 bits per heavy atom. The minimum Gasteiger partial charge on any atom is -0.293 e. The van der Waals surface area contributed by atoms with Crippen LogP contribution in [0, 0.1) is 17.8 Å². The van der Waals surface area contributed by atoms with Crippen molar-refractivity contribution in [1.82, 2.24) is 20.1 Å². The highest BCUT2D eigenvalue weighted by atomic mass is 16.2. The molecule has 8 heteroatoms. The van der Waals surface area contributed by atoms with E-state index in [9.17, 15) is 14.4 Å². The van der Waals surface area contributed by atoms with Crippen LogP contribution in [0.25, 0.3) is 0 Å². The Hall–Kier alpha value is -2.51. The number of amides is 3. The molecule has 2 aliphatic rings. The third kappa shape index (κ3) is 2.95. The molecule has 8 nitrogen and oxygen atoms in total. The molecule has 3 atom stereocenters. The van der Waals surface area contributed by atoms with Crippen LogP contribution in [0.5, 0.6) is 0 Å². The molecule has 128 valence electrons. The van der Waals surface area contributed by atoms with Crippen molar-refractivity contribution in [1.29, 1.82) is 0 Å². The van der Waals surface area contributed by atoms with Crippen LogP contribution in [0.2, 0.25) is 0 Å². The normalized spacial score (nSPS) is 24.4. The predicted molar refractivity (Wildman–Crippen MR) is 85.5 cm³/mol. The van der Waals surface area contributed by atoms with E-state index < -0.39 is 11.9 Å². The molecular weight excluding hydrogens is 310 g/mol. The Bertz CT molecular complexity index is 641. The Morgan fingerprint density at radius 3 is 2.42 bits per heavy atom. The van der Waals surface area contributed by atoms with Crippen LogP contribution >= 0.6 is 0 Å². The van der Waals surface area contributed by atoms with Crippen LogP contribution in [-0.2, 0) is 14.4 Å². The van der Waals surface area contributed by atoms with Crippen molar-refractivity contribution in [3.05, 3.63) is 18.5 Å². The van der Waals surface area contributed by atoms with Crippen molar-refractivity contribution in [3.63, 3.8) is 0 Å². The summed E-state index contributed by atoms with van der Waals surface area (Å²) in [4.78, 5) is 43.2. The number of imide groups is 1. The molecule has 1 aromatic heterocycles. The maximum Gasteiger partial charge on any atom is 0.250 e. The molecule has 1 aromatic rings. The first-order chi connectivity index (χ1) is 11.5. The monoisotopic (exact) mass is 331 g/mol. The van der Waals surface area contributed by atoms with E-state index in [0.717, 1.165) is 0 Å². The molecule has 2 heterocycles. The standard InChI is InChI=1S/C16H21N5O3/c1-9(2)7-12(13(22)19-16-17-8-18-20-16)21-14(23)10-5-3-4-6-11(10)15(21)24/h3-4,8-12H,5-7H2,1-2H3,(H2,17,18,19,20,22). The summed E-state index contributed by atoms with van der Waals surface area (Å²) >= 11 is 0. The predicted octanol–water partition coefficient (Wildman–Crippen LogP) is 1.11. The number of H-pyrrole nitrogens is 1. The molecule has 0 spiro atoms. The van der Waals surface area contributed by atoms with E-state index >= 15 is 0 Å². The van der Waals surface area contributed by atoms with Gasteiger partial charge in [0, 0.05) is 0 Å². The van der Waals surface area contributed by atoms with Gasteiger partial charge in [0.1, 0.15) is 12.4 Å². The number of rotatable bonds is 5. The lowest BCUT2D eigenvalue weighted by Gasteiger charge is -2.26. The van der Waals surface area contributed by atoms with Crippen LogP contribution in [0.4, 0.5) is 5.95 Å². The summed E-state index contributed by atoms with van der Waals surface area (Å²) in [6, 6.07) is -0.833. The number of carbonyl (C=O) groups excluding carboxylic acids is 3. The second-order valence-electron chi connectivity index (χ2n) is 6.67. The van der Waals surface area contributed by atoms with Gasteiger partial charge in [0.25, 0.3) is 0 Å². The molecule has 3 amide bonds. The lowest BCUT2D eigenvalue weighted by atomic mass is 9.85. The third-order valence-corrected chi connectivity index (χ3v) is 4.51. The molecule has 3 unspecified atom stereocenters. The van der Waals surface area contributed by atoms with Crippen LogP contribution in [-0.4, -0.2) is 43.8 Å². The van der Waals surface area contributed by atoms with Crippen LogP contribution in [0.1, 0.15) is 33.1 Å². The van der Waals surface area contributed by atoms with Crippen molar-refractivity contribution >= 4 is 23.7 Å². The lowest BCUT2D eigenvalue weighted by molar-refractivity contribution is -0.147. The molecule has 0 saturated carbocycles. The molecule has 24 heavy (non-hydrogen) atoms. The fourth-order valence-electron chi connectivity index (χ4n) is 3.38. The number of hydrogen-bond acceptors (Lipinski definition) is 5. The smallest absolute Gasteiger partial charge is 0.250 e. The topological polar surface area (TPSA) is 108 Å². The number of aromatic nitrogens is 3. The number of likely N-dealkylation sites (tertiary alicyclic amines) is 1. The fraction of sp³-hybridized carbons (Fsp3) is 0.562. The quantitative estimate of drug-likeness (QED) is 0.620. The zero-order valence-electron chi connectivity index (χ0n) is 13.7. The zero-order valence-corrected chi connectivity index (χ0v) is 13.7. The van der Waals surface area contributed by atoms with Crippen molar-refractivity contribution in [2.75, 3.05) is 5.32 Å². The molecule has 1 saturated heterocycles. The molecule has 0 bridgehead atoms. The van der Waals surface area contributed by atoms with Gasteiger partial charge in [-0.2, -0.15) is 10.1 Å². The van der Waals surface area contributed by atoms with Gasteiger partial charge in [-0.3, -0.25) is 24.6 Å². The highest BCUT2D eigenvalue weighted by Crippen LogP contribution is 2.37. The molecule has 0 aromatic carbocycles. The maximum atomic E-state index is 12.7. The lowest BCUT2D eigenvalue weighted by Crippen LogP contribution is -2.48. The van der Waals surface area contributed by atoms with E-state index in [2.05, 4.69) is 20.5 Å². The molecule has 1 aliphatic carbocycles. The first kappa shape index (κ1) is 16.4. The van der Waals surface area contributed by atoms with Crippen molar-refractivity contribution in [3.8, 4) is 0 Å². The van der Waals surface area contributed by atoms with Gasteiger partial charge in [-0.15, -0.1) is 0 Å². The Labute approximate surface area is 139 Å². The van der Waals surface area contributed by atoms with Crippen molar-refractivity contribution in [2.24, 2.45) is 17.8 Å². The molecule has 1 fully saturated rings. The molecular formula is C16H21N5O3. The van der Waals surface area contributed by atoms with Gasteiger partial charge in [-0.05, 0) is 25.2 Å². The van der Waals surface area contributed by atoms with E-state index in [1.54, 1.807) is 0 Å². The fourth-order valence-corrected chi connectivity index (χ4v) is 3.38. The van der Waals surface area contributed by atoms with Gasteiger partial charge < -0.3 is 0 Å². The van der Waals surface area contributed by atoms with Gasteiger partial charge in [-0.1, -0.05) is 26.0 Å². The maximum absolute atomic E-state index is 12.7. The number of anilines is 1. The Balaban J connectivity index is 1.84. The number of aromatic amines is 1. The van der Waals surface area contributed by atoms with E-state index in [4.69, 9.17) is 0 Å². The van der Waals surface area contributed by atoms with E-state index in [1.165, 1.54) is 11.2 Å². The number of hydrogen-bond donors (Lipinski definition) is 2. The number of nitrogens with zero attached hydrogens (tertiary/aromatic N) is 3. The van der Waals surface area contributed by atoms with Gasteiger partial charge in [0.15, 0.2) is 0 Å². The molecule has 3 rings (SSSR count). The number of nitrogens with one attached hydrogen (secondary N) is 2. The van der Waals surface area contributed by atoms with Crippen LogP contribution in [0.15, 0.2) is 18.5 Å². The number of carbonyl (C=O) groups is 3. The SMILES string of the molecule is CC(C)CC(C(=O)Nc1ncn[nH]1)N1C(=O)C2CC=CCC2C1=O. The van der Waals surface area contributed by atoms with Crippen LogP contribution in [0.3, 0.4) is 0 Å². The second kappa shape index (κ2) is 6.54. The van der Waals surface area contributed by atoms with Crippen molar-refractivity contribution in [2.45, 2.75) is 39.2 Å². The van der Waals surface area contributed by atoms with Crippen molar-refractivity contribution < 1.29 is 14.4 Å². The molecule has 0 radical (unpaired) electrons. The summed E-state index contributed by atoms with van der Waals surface area (Å²) in [6.45, 7) is 3.91. The summed E-state index contributed by atoms with van der Waals surface area (Å²) < 4.78 is 0. The minimum absolute atomic E-state index is 0.150. The third-order valence-electron chi connectivity index (χ3n) is 4.51. The van der Waals surface area contributed by atoms with Gasteiger partial charge in [0.2, 0.25) is 23.7 Å². The Kier molecular flexibility index (Phi) is 4.46. The van der Waals surface area contributed by atoms with Gasteiger partial charge in [0.05, 0.1) is 11.8 Å². The summed E-state index contributed by atoms with van der Waals surface area (Å²) in [6.07, 6.45) is 6.67. The average Bonchev–Trinajstić information content (AvgIpc) is 3.14. The van der Waals surface area contributed by atoms with Gasteiger partial charge in [-0.25, -0.2) is 5.10 Å². The highest BCUT2D eigenvalue weighted by molar-refractivity contribution is 6.09. The first-order valence-corrected chi connectivity index (χ1v) is 8.17. The summed E-state index contributed by atoms with van der Waals surface area (Å²) in [5.41, 5.74) is 0. The molecule has 2 N–H and O–H groups in total. The van der Waals surface area contributed by atoms with E-state index in [1.807, 2.05) is 26.0 Å². The average molecular weight is 331 g/mol. The molecule has 1 aliphatic heterocycles. The summed E-state index contributed by atoms with van der Waals surface area (Å²) in [7, 11) is 0. The highest BCUT2D eigenvalue weighted by Gasteiger charge is 2.51. The number of fused-ring (bicyclic) bond motifs is 1. The Morgan fingerprint density at radius 1 is 1.29 bits per heavy atom. The van der Waals surface area contributed by atoms with E-state index in [-0.39, 0.29) is 35.5 Å². The van der Waals surface area contributed by atoms with Gasteiger partial charge >= 0.3 is 0 Å². The van der Waals surface area contributed by atoms with E-state index in [0.29, 0.717) is 19.3 Å².